The summed E-state index contributed by atoms with van der Waals surface area (Å²) in [6, 6.07) is 8.41. The van der Waals surface area contributed by atoms with Crippen LogP contribution >= 0.6 is 0 Å². The predicted molar refractivity (Wildman–Crippen MR) is 142 cm³/mol. The first-order chi connectivity index (χ1) is 19.5. The number of aromatic nitrogens is 6. The van der Waals surface area contributed by atoms with E-state index in [1.54, 1.807) is 36.7 Å². The van der Waals surface area contributed by atoms with Gasteiger partial charge in [0.1, 0.15) is 23.8 Å². The Morgan fingerprint density at radius 3 is 2.70 bits per heavy atom. The average molecular weight is 550 g/mol. The lowest BCUT2D eigenvalue weighted by atomic mass is 10.2. The van der Waals surface area contributed by atoms with Gasteiger partial charge in [-0.05, 0) is 24.3 Å². The van der Waals surface area contributed by atoms with Crippen LogP contribution in [0, 0.1) is 5.82 Å². The summed E-state index contributed by atoms with van der Waals surface area (Å²) in [4.78, 5) is 13.5. The second-order valence-electron chi connectivity index (χ2n) is 9.93. The molecule has 0 radical (unpaired) electrons. The highest BCUT2D eigenvalue weighted by Gasteiger charge is 2.28. The number of hydrogen-bond acceptors (Lipinski definition) is 11. The Morgan fingerprint density at radius 2 is 1.95 bits per heavy atom. The lowest BCUT2D eigenvalue weighted by Gasteiger charge is -2.36. The number of nitrogen functional groups attached to an aromatic ring is 1. The molecule has 2 aliphatic rings. The number of nitrogens with two attached hydrogens (primary N) is 1. The second-order valence-corrected chi connectivity index (χ2v) is 9.93. The zero-order chi connectivity index (χ0) is 27.2. The highest BCUT2D eigenvalue weighted by Crippen LogP contribution is 2.27. The number of piperazine rings is 1. The van der Waals surface area contributed by atoms with E-state index in [0.717, 1.165) is 25.0 Å². The number of aliphatic hydroxyl groups excluding tert-OH is 1. The zero-order valence-corrected chi connectivity index (χ0v) is 21.6. The van der Waals surface area contributed by atoms with Crippen molar-refractivity contribution in [1.82, 2.24) is 34.3 Å². The van der Waals surface area contributed by atoms with E-state index in [1.807, 2.05) is 9.58 Å². The van der Waals surface area contributed by atoms with Crippen molar-refractivity contribution in [3.8, 4) is 17.3 Å². The van der Waals surface area contributed by atoms with Gasteiger partial charge in [-0.3, -0.25) is 4.90 Å². The van der Waals surface area contributed by atoms with Crippen molar-refractivity contribution in [3.05, 3.63) is 48.6 Å². The molecule has 13 nitrogen and oxygen atoms in total. The van der Waals surface area contributed by atoms with Crippen molar-refractivity contribution in [2.24, 2.45) is 0 Å². The Balaban J connectivity index is 0.990. The topological polar surface area (TPSA) is 145 Å². The van der Waals surface area contributed by atoms with Crippen molar-refractivity contribution >= 4 is 28.3 Å². The molecule has 2 saturated heterocycles. The van der Waals surface area contributed by atoms with E-state index in [-0.39, 0.29) is 18.4 Å². The highest BCUT2D eigenvalue weighted by atomic mass is 19.1. The SMILES string of the molecule is Nc1nc2c(cnn2CCN2CCN(c3ccc(O[C@@H]4COC[C@H]4O)cc3F)CC2)c2nc(-c3ccco3)nn12. The first-order valence-electron chi connectivity index (χ1n) is 13.1. The van der Waals surface area contributed by atoms with Gasteiger partial charge in [0.25, 0.3) is 0 Å². The third-order valence-corrected chi connectivity index (χ3v) is 7.39. The molecule has 5 aromatic rings. The quantitative estimate of drug-likeness (QED) is 0.304. The number of rotatable bonds is 7. The predicted octanol–water partition coefficient (Wildman–Crippen LogP) is 1.42. The van der Waals surface area contributed by atoms with Crippen LogP contribution in [-0.4, -0.2) is 97.5 Å². The average Bonchev–Trinajstić information content (AvgIpc) is 3.76. The number of benzene rings is 1. The van der Waals surface area contributed by atoms with Gasteiger partial charge in [-0.15, -0.1) is 5.10 Å². The van der Waals surface area contributed by atoms with E-state index < -0.39 is 12.2 Å². The smallest absolute Gasteiger partial charge is 0.225 e. The van der Waals surface area contributed by atoms with E-state index in [0.29, 0.717) is 60.6 Å². The minimum atomic E-state index is -0.701. The van der Waals surface area contributed by atoms with Gasteiger partial charge in [0.05, 0.1) is 43.3 Å². The van der Waals surface area contributed by atoms with E-state index >= 15 is 0 Å². The van der Waals surface area contributed by atoms with Crippen LogP contribution in [0.4, 0.5) is 16.0 Å². The lowest BCUT2D eigenvalue weighted by Crippen LogP contribution is -2.47. The summed E-state index contributed by atoms with van der Waals surface area (Å²) in [5.41, 5.74) is 7.95. The van der Waals surface area contributed by atoms with Crippen LogP contribution < -0.4 is 15.4 Å². The van der Waals surface area contributed by atoms with E-state index in [1.165, 1.54) is 10.6 Å². The third-order valence-electron chi connectivity index (χ3n) is 7.39. The van der Waals surface area contributed by atoms with Gasteiger partial charge in [0, 0.05) is 38.8 Å². The standard InChI is InChI=1S/C26H28FN9O4/c27-18-12-16(40-22-15-38-14-20(22)37)3-4-19(18)34-8-5-33(6-9-34)7-10-35-24-17(13-29-35)25-30-23(21-2-1-11-39-21)32-36(25)26(28)31-24/h1-4,11-13,20,22,37H,5-10,14-15H2,(H2,28,31)/t20-,22-/m1/s1. The van der Waals surface area contributed by atoms with Crippen LogP contribution in [0.15, 0.2) is 47.2 Å². The molecule has 0 bridgehead atoms. The van der Waals surface area contributed by atoms with Crippen molar-refractivity contribution in [2.45, 2.75) is 18.8 Å². The lowest BCUT2D eigenvalue weighted by molar-refractivity contribution is 0.0731. The zero-order valence-electron chi connectivity index (χ0n) is 21.6. The molecule has 0 aliphatic carbocycles. The molecule has 2 atom stereocenters. The summed E-state index contributed by atoms with van der Waals surface area (Å²) >= 11 is 0. The van der Waals surface area contributed by atoms with Gasteiger partial charge in [-0.2, -0.15) is 14.6 Å². The van der Waals surface area contributed by atoms with Crippen LogP contribution in [0.5, 0.6) is 5.75 Å². The van der Waals surface area contributed by atoms with Crippen LogP contribution in [0.1, 0.15) is 0 Å². The molecule has 208 valence electrons. The van der Waals surface area contributed by atoms with Crippen molar-refractivity contribution < 1.29 is 23.4 Å². The van der Waals surface area contributed by atoms with Crippen LogP contribution in [0.3, 0.4) is 0 Å². The molecule has 6 heterocycles. The normalized spacial score (nSPS) is 20.2. The monoisotopic (exact) mass is 549 g/mol. The summed E-state index contributed by atoms with van der Waals surface area (Å²) in [6.07, 6.45) is 2.12. The van der Waals surface area contributed by atoms with Crippen LogP contribution in [0.2, 0.25) is 0 Å². The molecule has 1 aromatic carbocycles. The van der Waals surface area contributed by atoms with Gasteiger partial charge in [0.15, 0.2) is 17.1 Å². The molecule has 3 N–H and O–H groups in total. The largest absolute Gasteiger partial charge is 0.485 e. The van der Waals surface area contributed by atoms with Gasteiger partial charge < -0.3 is 29.6 Å². The summed E-state index contributed by atoms with van der Waals surface area (Å²) in [5, 5.41) is 19.6. The molecule has 0 amide bonds. The molecule has 0 saturated carbocycles. The summed E-state index contributed by atoms with van der Waals surface area (Å²) in [5.74, 6) is 1.23. The van der Waals surface area contributed by atoms with Gasteiger partial charge in [0.2, 0.25) is 11.8 Å². The molecule has 0 spiro atoms. The van der Waals surface area contributed by atoms with Gasteiger partial charge in [-0.25, -0.2) is 14.1 Å². The fourth-order valence-electron chi connectivity index (χ4n) is 5.21. The molecule has 40 heavy (non-hydrogen) atoms. The number of halogens is 1. The Morgan fingerprint density at radius 1 is 1.07 bits per heavy atom. The van der Waals surface area contributed by atoms with Crippen LogP contribution in [0.25, 0.3) is 28.3 Å². The van der Waals surface area contributed by atoms with Crippen molar-refractivity contribution in [1.29, 1.82) is 0 Å². The van der Waals surface area contributed by atoms with Gasteiger partial charge >= 0.3 is 0 Å². The summed E-state index contributed by atoms with van der Waals surface area (Å²) < 4.78 is 34.6. The first kappa shape index (κ1) is 24.7. The van der Waals surface area contributed by atoms with E-state index in [4.69, 9.17) is 19.6 Å². The maximum absolute atomic E-state index is 14.9. The Kier molecular flexibility index (Phi) is 6.21. The first-order valence-corrected chi connectivity index (χ1v) is 13.1. The maximum Gasteiger partial charge on any atom is 0.225 e. The number of anilines is 2. The fourth-order valence-corrected chi connectivity index (χ4v) is 5.21. The number of ether oxygens (including phenoxy) is 2. The number of aliphatic hydroxyl groups is 1. The molecule has 2 fully saturated rings. The van der Waals surface area contributed by atoms with Crippen molar-refractivity contribution in [2.75, 3.05) is 56.6 Å². The molecule has 0 unspecified atom stereocenters. The minimum Gasteiger partial charge on any atom is -0.485 e. The maximum atomic E-state index is 14.9. The summed E-state index contributed by atoms with van der Waals surface area (Å²) in [6.45, 7) is 4.82. The number of fused-ring (bicyclic) bond motifs is 3. The molecule has 4 aromatic heterocycles. The van der Waals surface area contributed by atoms with E-state index in [2.05, 4.69) is 25.1 Å². The van der Waals surface area contributed by atoms with Crippen LogP contribution in [-0.2, 0) is 11.3 Å². The molecule has 14 heteroatoms. The molecule has 7 rings (SSSR count). The van der Waals surface area contributed by atoms with E-state index in [9.17, 15) is 9.50 Å². The third kappa shape index (κ3) is 4.49. The summed E-state index contributed by atoms with van der Waals surface area (Å²) in [7, 11) is 0. The van der Waals surface area contributed by atoms with Gasteiger partial charge in [-0.1, -0.05) is 0 Å². The Bertz CT molecular complexity index is 1650. The number of hydrogen-bond donors (Lipinski definition) is 2. The molecular formula is C26H28FN9O4. The van der Waals surface area contributed by atoms with Crippen molar-refractivity contribution in [3.63, 3.8) is 0 Å². The second kappa shape index (κ2) is 10.0. The molecule has 2 aliphatic heterocycles. The Hall–Kier alpha value is -4.27. The number of nitrogens with zero attached hydrogens (tertiary/aromatic N) is 8. The molecular weight excluding hydrogens is 521 g/mol. The highest BCUT2D eigenvalue weighted by molar-refractivity contribution is 5.90. The number of furan rings is 1. The minimum absolute atomic E-state index is 0.217. The Labute approximate surface area is 227 Å². The fraction of sp³-hybridized carbons (Fsp3) is 0.385.